The van der Waals surface area contributed by atoms with E-state index in [0.29, 0.717) is 29.2 Å². The summed E-state index contributed by atoms with van der Waals surface area (Å²) in [6, 6.07) is 19.3. The van der Waals surface area contributed by atoms with Crippen LogP contribution in [-0.2, 0) is 16.0 Å². The van der Waals surface area contributed by atoms with Crippen LogP contribution in [0.2, 0.25) is 0 Å². The topological polar surface area (TPSA) is 76.1 Å². The largest absolute Gasteiger partial charge is 0.507 e. The molecule has 1 N–H and O–H groups in total. The van der Waals surface area contributed by atoms with Crippen molar-refractivity contribution in [1.82, 2.24) is 0 Å². The lowest BCUT2D eigenvalue weighted by molar-refractivity contribution is -0.132. The van der Waals surface area contributed by atoms with Crippen molar-refractivity contribution in [2.24, 2.45) is 0 Å². The zero-order valence-electron chi connectivity index (χ0n) is 21.9. The van der Waals surface area contributed by atoms with E-state index in [0.717, 1.165) is 23.3 Å². The van der Waals surface area contributed by atoms with Gasteiger partial charge in [0.2, 0.25) is 0 Å². The summed E-state index contributed by atoms with van der Waals surface area (Å²) < 4.78 is 11.4. The second kappa shape index (κ2) is 10.9. The van der Waals surface area contributed by atoms with Gasteiger partial charge in [0, 0.05) is 16.8 Å². The zero-order chi connectivity index (χ0) is 26.7. The highest BCUT2D eigenvalue weighted by atomic mass is 16.5. The van der Waals surface area contributed by atoms with Gasteiger partial charge in [0.15, 0.2) is 0 Å². The number of aryl methyl sites for hydroxylation is 1. The molecule has 1 aliphatic heterocycles. The Labute approximate surface area is 218 Å². The van der Waals surface area contributed by atoms with Crippen molar-refractivity contribution in [3.63, 3.8) is 0 Å². The number of ketones is 1. The fourth-order valence-electron chi connectivity index (χ4n) is 4.77. The third kappa shape index (κ3) is 4.84. The summed E-state index contributed by atoms with van der Waals surface area (Å²) in [6.45, 7) is 8.56. The molecule has 0 radical (unpaired) electrons. The number of hydrogen-bond donors (Lipinski definition) is 1. The first-order valence-corrected chi connectivity index (χ1v) is 12.6. The summed E-state index contributed by atoms with van der Waals surface area (Å²) in [5.74, 6) is -0.299. The van der Waals surface area contributed by atoms with Crippen LogP contribution in [0.1, 0.15) is 61.9 Å². The first kappa shape index (κ1) is 26.0. The molecule has 4 rings (SSSR count). The molecule has 0 aliphatic carbocycles. The molecule has 1 aliphatic rings. The fraction of sp³-hybridized carbons (Fsp3) is 0.290. The van der Waals surface area contributed by atoms with Gasteiger partial charge in [-0.15, -0.1) is 0 Å². The third-order valence-corrected chi connectivity index (χ3v) is 6.71. The molecule has 3 aromatic carbocycles. The van der Waals surface area contributed by atoms with E-state index in [1.54, 1.807) is 25.3 Å². The number of hydrogen-bond acceptors (Lipinski definition) is 5. The smallest absolute Gasteiger partial charge is 0.300 e. The van der Waals surface area contributed by atoms with Gasteiger partial charge < -0.3 is 14.6 Å². The minimum atomic E-state index is -0.863. The van der Waals surface area contributed by atoms with E-state index >= 15 is 0 Å². The van der Waals surface area contributed by atoms with Gasteiger partial charge in [-0.05, 0) is 66.8 Å². The Balaban J connectivity index is 1.95. The number of methoxy groups -OCH3 is 1. The number of ether oxygens (including phenoxy) is 2. The van der Waals surface area contributed by atoms with Crippen molar-refractivity contribution in [1.29, 1.82) is 0 Å². The lowest BCUT2D eigenvalue weighted by Gasteiger charge is -2.27. The molecule has 1 amide bonds. The van der Waals surface area contributed by atoms with E-state index in [1.165, 1.54) is 4.90 Å². The van der Waals surface area contributed by atoms with E-state index in [9.17, 15) is 14.7 Å². The number of rotatable bonds is 8. The molecular formula is C31H33NO5. The maximum absolute atomic E-state index is 13.5. The molecule has 1 fully saturated rings. The minimum Gasteiger partial charge on any atom is -0.507 e. The standard InChI is InChI=1S/C31H33NO5/c1-6-20-12-15-22(16-13-20)32-28(23-10-8-9-11-25(23)36-5)27(30(34)31(32)35)29(33)21-14-17-26(37-7-2)24(18-21)19(3)4/h8-19,28,33H,6-7H2,1-5H3/b29-27+. The Bertz CT molecular complexity index is 1340. The lowest BCUT2D eigenvalue weighted by atomic mass is 9.92. The summed E-state index contributed by atoms with van der Waals surface area (Å²) in [4.78, 5) is 28.4. The van der Waals surface area contributed by atoms with E-state index < -0.39 is 17.7 Å². The molecule has 0 spiro atoms. The van der Waals surface area contributed by atoms with Gasteiger partial charge in [-0.25, -0.2) is 0 Å². The van der Waals surface area contributed by atoms with Gasteiger partial charge in [0.1, 0.15) is 17.3 Å². The van der Waals surface area contributed by atoms with Gasteiger partial charge in [0.05, 0.1) is 25.3 Å². The molecule has 1 saturated heterocycles. The fourth-order valence-corrected chi connectivity index (χ4v) is 4.77. The molecule has 0 bridgehead atoms. The molecule has 1 heterocycles. The second-order valence-electron chi connectivity index (χ2n) is 9.27. The van der Waals surface area contributed by atoms with Crippen LogP contribution in [0.3, 0.4) is 0 Å². The van der Waals surface area contributed by atoms with Crippen LogP contribution < -0.4 is 14.4 Å². The van der Waals surface area contributed by atoms with Gasteiger partial charge >= 0.3 is 0 Å². The van der Waals surface area contributed by atoms with Crippen LogP contribution in [0.4, 0.5) is 5.69 Å². The van der Waals surface area contributed by atoms with E-state index in [1.807, 2.05) is 69.3 Å². The number of nitrogens with zero attached hydrogens (tertiary/aromatic N) is 1. The van der Waals surface area contributed by atoms with Crippen molar-refractivity contribution in [2.45, 2.75) is 46.1 Å². The molecule has 0 aromatic heterocycles. The second-order valence-corrected chi connectivity index (χ2v) is 9.27. The first-order chi connectivity index (χ1) is 17.8. The molecule has 6 heteroatoms. The molecule has 37 heavy (non-hydrogen) atoms. The quantitative estimate of drug-likeness (QED) is 0.220. The van der Waals surface area contributed by atoms with E-state index in [4.69, 9.17) is 9.47 Å². The Morgan fingerprint density at radius 2 is 1.68 bits per heavy atom. The molecule has 3 aromatic rings. The van der Waals surface area contributed by atoms with E-state index in [2.05, 4.69) is 6.92 Å². The Kier molecular flexibility index (Phi) is 7.67. The molecule has 0 saturated carbocycles. The molecule has 1 atom stereocenters. The molecule has 1 unspecified atom stereocenters. The average Bonchev–Trinajstić information content (AvgIpc) is 3.18. The number of aliphatic hydroxyl groups is 1. The lowest BCUT2D eigenvalue weighted by Crippen LogP contribution is -2.29. The highest BCUT2D eigenvalue weighted by Crippen LogP contribution is 2.45. The predicted octanol–water partition coefficient (Wildman–Crippen LogP) is 6.41. The summed E-state index contributed by atoms with van der Waals surface area (Å²) in [5, 5.41) is 11.6. The van der Waals surface area contributed by atoms with Crippen LogP contribution in [0, 0.1) is 0 Å². The van der Waals surface area contributed by atoms with Crippen LogP contribution >= 0.6 is 0 Å². The van der Waals surface area contributed by atoms with Crippen molar-refractivity contribution in [2.75, 3.05) is 18.6 Å². The number of anilines is 1. The summed E-state index contributed by atoms with van der Waals surface area (Å²) in [5.41, 5.74) is 3.68. The number of benzene rings is 3. The van der Waals surface area contributed by atoms with Crippen molar-refractivity contribution >= 4 is 23.1 Å². The molecular weight excluding hydrogens is 466 g/mol. The Hall–Kier alpha value is -4.06. The number of amides is 1. The minimum absolute atomic E-state index is 0.0212. The van der Waals surface area contributed by atoms with Crippen molar-refractivity contribution in [3.05, 3.63) is 94.6 Å². The third-order valence-electron chi connectivity index (χ3n) is 6.71. The number of carbonyl (C=O) groups is 2. The van der Waals surface area contributed by atoms with Gasteiger partial charge in [0.25, 0.3) is 11.7 Å². The summed E-state index contributed by atoms with van der Waals surface area (Å²) in [7, 11) is 1.54. The predicted molar refractivity (Wildman–Crippen MR) is 145 cm³/mol. The number of aliphatic hydroxyl groups excluding tert-OH is 1. The molecule has 192 valence electrons. The monoisotopic (exact) mass is 499 g/mol. The van der Waals surface area contributed by atoms with Gasteiger partial charge in [-0.3, -0.25) is 14.5 Å². The summed E-state index contributed by atoms with van der Waals surface area (Å²) in [6.07, 6.45) is 0.852. The van der Waals surface area contributed by atoms with Crippen molar-refractivity contribution < 1.29 is 24.2 Å². The Morgan fingerprint density at radius 3 is 2.30 bits per heavy atom. The van der Waals surface area contributed by atoms with Crippen LogP contribution in [0.5, 0.6) is 11.5 Å². The highest BCUT2D eigenvalue weighted by Gasteiger charge is 2.48. The number of carbonyl (C=O) groups excluding carboxylic acids is 2. The average molecular weight is 500 g/mol. The number of Topliss-reactive ketones (excluding diaryl/α,β-unsaturated/α-hetero) is 1. The summed E-state index contributed by atoms with van der Waals surface area (Å²) >= 11 is 0. The van der Waals surface area contributed by atoms with Gasteiger partial charge in [-0.1, -0.05) is 51.1 Å². The Morgan fingerprint density at radius 1 is 0.973 bits per heavy atom. The maximum atomic E-state index is 13.5. The maximum Gasteiger partial charge on any atom is 0.300 e. The van der Waals surface area contributed by atoms with Crippen LogP contribution in [0.15, 0.2) is 72.3 Å². The van der Waals surface area contributed by atoms with Crippen molar-refractivity contribution in [3.8, 4) is 11.5 Å². The van der Waals surface area contributed by atoms with Crippen LogP contribution in [-0.4, -0.2) is 30.5 Å². The van der Waals surface area contributed by atoms with Crippen LogP contribution in [0.25, 0.3) is 5.76 Å². The highest BCUT2D eigenvalue weighted by molar-refractivity contribution is 6.51. The molecule has 6 nitrogen and oxygen atoms in total. The first-order valence-electron chi connectivity index (χ1n) is 12.6. The number of para-hydroxylation sites is 1. The van der Waals surface area contributed by atoms with Gasteiger partial charge in [-0.2, -0.15) is 0 Å². The zero-order valence-corrected chi connectivity index (χ0v) is 21.9. The van der Waals surface area contributed by atoms with E-state index in [-0.39, 0.29) is 17.3 Å². The normalized spacial score (nSPS) is 16.9. The SMILES string of the molecule is CCOc1ccc(/C(O)=C2\C(=O)C(=O)N(c3ccc(CC)cc3)C2c2ccccc2OC)cc1C(C)C.